The molecule has 0 spiro atoms. The Morgan fingerprint density at radius 3 is 1.94 bits per heavy atom. The minimum Gasteiger partial charge on any atom is -0.445 e. The second-order valence-corrected chi connectivity index (χ2v) is 7.88. The van der Waals surface area contributed by atoms with Gasteiger partial charge in [0, 0.05) is 0 Å². The molecule has 2 aromatic carbocycles. The van der Waals surface area contributed by atoms with E-state index in [0.717, 1.165) is 11.1 Å². The molecule has 2 aromatic rings. The van der Waals surface area contributed by atoms with Crippen molar-refractivity contribution in [1.82, 2.24) is 10.6 Å². The molecule has 6 nitrogen and oxygen atoms in total. The van der Waals surface area contributed by atoms with Crippen LogP contribution >= 0.6 is 0 Å². The van der Waals surface area contributed by atoms with E-state index in [1.165, 1.54) is 0 Å². The molecule has 0 saturated carbocycles. The van der Waals surface area contributed by atoms with Crippen molar-refractivity contribution < 1.29 is 32.3 Å². The van der Waals surface area contributed by atoms with E-state index in [2.05, 4.69) is 10.6 Å². The highest BCUT2D eigenvalue weighted by molar-refractivity contribution is 5.94. The van der Waals surface area contributed by atoms with Crippen LogP contribution in [0.15, 0.2) is 60.7 Å². The lowest BCUT2D eigenvalue weighted by Gasteiger charge is -2.25. The number of alkyl halides is 3. The van der Waals surface area contributed by atoms with E-state index in [4.69, 9.17) is 4.74 Å². The first-order valence-corrected chi connectivity index (χ1v) is 10.5. The predicted molar refractivity (Wildman–Crippen MR) is 116 cm³/mol. The molecular weight excluding hydrogens is 437 g/mol. The standard InChI is InChI=1S/C24H27F3N2O4/c1-16(2)20(29-23(32)33-15-18-11-7-4-8-12-18)22(31)28-19(21(30)24(25,26)27)14-13-17-9-5-3-6-10-17/h3-12,16,19-20H,13-15H2,1-2H3,(H,28,31)(H,29,32). The fourth-order valence-corrected chi connectivity index (χ4v) is 3.11. The number of carbonyl (C=O) groups is 3. The highest BCUT2D eigenvalue weighted by Gasteiger charge is 2.44. The number of alkyl carbamates (subject to hydrolysis) is 1. The third-order valence-corrected chi connectivity index (χ3v) is 4.91. The third-order valence-electron chi connectivity index (χ3n) is 4.91. The zero-order chi connectivity index (χ0) is 24.4. The summed E-state index contributed by atoms with van der Waals surface area (Å²) < 4.78 is 44.4. The van der Waals surface area contributed by atoms with Crippen molar-refractivity contribution in [3.05, 3.63) is 71.8 Å². The summed E-state index contributed by atoms with van der Waals surface area (Å²) in [5.74, 6) is -3.40. The first kappa shape index (κ1) is 25.9. The minimum absolute atomic E-state index is 0.0363. The van der Waals surface area contributed by atoms with E-state index in [9.17, 15) is 27.6 Å². The Bertz CT molecular complexity index is 918. The summed E-state index contributed by atoms with van der Waals surface area (Å²) in [6.07, 6.45) is -6.08. The SMILES string of the molecule is CC(C)C(NC(=O)OCc1ccccc1)C(=O)NC(CCc1ccccc1)C(=O)C(F)(F)F. The Labute approximate surface area is 190 Å². The smallest absolute Gasteiger partial charge is 0.445 e. The normalized spacial score (nSPS) is 13.2. The number of halogens is 3. The summed E-state index contributed by atoms with van der Waals surface area (Å²) in [5.41, 5.74) is 1.46. The maximum atomic E-state index is 13.1. The first-order valence-electron chi connectivity index (χ1n) is 10.5. The maximum Gasteiger partial charge on any atom is 0.452 e. The Morgan fingerprint density at radius 1 is 0.879 bits per heavy atom. The van der Waals surface area contributed by atoms with Crippen LogP contribution in [-0.2, 0) is 27.4 Å². The van der Waals surface area contributed by atoms with E-state index >= 15 is 0 Å². The lowest BCUT2D eigenvalue weighted by molar-refractivity contribution is -0.174. The van der Waals surface area contributed by atoms with Crippen molar-refractivity contribution in [3.8, 4) is 0 Å². The third kappa shape index (κ3) is 8.59. The average Bonchev–Trinajstić information content (AvgIpc) is 2.78. The lowest BCUT2D eigenvalue weighted by Crippen LogP contribution is -2.55. The molecule has 0 radical (unpaired) electrons. The molecule has 0 aliphatic heterocycles. The van der Waals surface area contributed by atoms with Gasteiger partial charge >= 0.3 is 12.3 Å². The Balaban J connectivity index is 2.04. The molecule has 0 aromatic heterocycles. The van der Waals surface area contributed by atoms with Gasteiger partial charge in [-0.3, -0.25) is 9.59 Å². The topological polar surface area (TPSA) is 84.5 Å². The van der Waals surface area contributed by atoms with Crippen LogP contribution in [0.25, 0.3) is 0 Å². The number of hydrogen-bond acceptors (Lipinski definition) is 4. The molecule has 2 N–H and O–H groups in total. The highest BCUT2D eigenvalue weighted by Crippen LogP contribution is 2.20. The van der Waals surface area contributed by atoms with Crippen LogP contribution in [0.1, 0.15) is 31.4 Å². The molecule has 0 bridgehead atoms. The number of rotatable bonds is 10. The van der Waals surface area contributed by atoms with Gasteiger partial charge in [0.15, 0.2) is 0 Å². The van der Waals surface area contributed by atoms with Crippen molar-refractivity contribution in [3.63, 3.8) is 0 Å². The van der Waals surface area contributed by atoms with E-state index in [-0.39, 0.29) is 19.4 Å². The van der Waals surface area contributed by atoms with Crippen molar-refractivity contribution in [2.24, 2.45) is 5.92 Å². The molecule has 2 rings (SSSR count). The molecule has 178 valence electrons. The molecule has 0 fully saturated rings. The van der Waals surface area contributed by atoms with E-state index < -0.39 is 42.0 Å². The number of hydrogen-bond donors (Lipinski definition) is 2. The molecule has 2 unspecified atom stereocenters. The number of Topliss-reactive ketones (excluding diaryl/α,β-unsaturated/α-hetero) is 1. The second-order valence-electron chi connectivity index (χ2n) is 7.88. The first-order chi connectivity index (χ1) is 15.6. The summed E-state index contributed by atoms with van der Waals surface area (Å²) >= 11 is 0. The zero-order valence-electron chi connectivity index (χ0n) is 18.4. The van der Waals surface area contributed by atoms with Gasteiger partial charge in [0.1, 0.15) is 12.6 Å². The van der Waals surface area contributed by atoms with Crippen molar-refractivity contribution in [1.29, 1.82) is 0 Å². The van der Waals surface area contributed by atoms with Gasteiger partial charge < -0.3 is 15.4 Å². The van der Waals surface area contributed by atoms with Crippen LogP contribution in [0.4, 0.5) is 18.0 Å². The number of aryl methyl sites for hydroxylation is 1. The Morgan fingerprint density at radius 2 is 1.42 bits per heavy atom. The number of amides is 2. The van der Waals surface area contributed by atoms with Crippen molar-refractivity contribution >= 4 is 17.8 Å². The fraction of sp³-hybridized carbons (Fsp3) is 0.375. The minimum atomic E-state index is -5.11. The summed E-state index contributed by atoms with van der Waals surface area (Å²) in [5, 5.41) is 4.55. The molecule has 9 heteroatoms. The van der Waals surface area contributed by atoms with Gasteiger partial charge in [-0.1, -0.05) is 74.5 Å². The summed E-state index contributed by atoms with van der Waals surface area (Å²) in [7, 11) is 0. The second kappa shape index (κ2) is 12.0. The predicted octanol–water partition coefficient (Wildman–Crippen LogP) is 4.19. The highest BCUT2D eigenvalue weighted by atomic mass is 19.4. The van der Waals surface area contributed by atoms with Crippen LogP contribution in [-0.4, -0.2) is 36.0 Å². The number of benzene rings is 2. The lowest BCUT2D eigenvalue weighted by atomic mass is 9.99. The van der Waals surface area contributed by atoms with Gasteiger partial charge in [-0.2, -0.15) is 13.2 Å². The molecule has 0 heterocycles. The summed E-state index contributed by atoms with van der Waals surface area (Å²) in [6, 6.07) is 14.6. The molecule has 0 saturated heterocycles. The quantitative estimate of drug-likeness (QED) is 0.552. The molecule has 33 heavy (non-hydrogen) atoms. The molecule has 2 atom stereocenters. The van der Waals surface area contributed by atoms with E-state index in [1.807, 2.05) is 0 Å². The van der Waals surface area contributed by atoms with Gasteiger partial charge in [-0.25, -0.2) is 4.79 Å². The fourth-order valence-electron chi connectivity index (χ4n) is 3.11. The average molecular weight is 464 g/mol. The van der Waals surface area contributed by atoms with Gasteiger partial charge in [-0.15, -0.1) is 0 Å². The molecular formula is C24H27F3N2O4. The molecule has 2 amide bonds. The summed E-state index contributed by atoms with van der Waals surface area (Å²) in [6.45, 7) is 3.20. The number of carbonyl (C=O) groups excluding carboxylic acids is 3. The van der Waals surface area contributed by atoms with Crippen LogP contribution in [0.2, 0.25) is 0 Å². The number of ether oxygens (including phenoxy) is 1. The molecule has 0 aliphatic carbocycles. The van der Waals surface area contributed by atoms with Gasteiger partial charge in [0.2, 0.25) is 5.91 Å². The monoisotopic (exact) mass is 464 g/mol. The largest absolute Gasteiger partial charge is 0.452 e. The van der Waals surface area contributed by atoms with Crippen molar-refractivity contribution in [2.75, 3.05) is 0 Å². The van der Waals surface area contributed by atoms with Gasteiger partial charge in [0.25, 0.3) is 5.78 Å². The Hall–Kier alpha value is -3.36. The van der Waals surface area contributed by atoms with Crippen LogP contribution < -0.4 is 10.6 Å². The van der Waals surface area contributed by atoms with Crippen LogP contribution in [0.3, 0.4) is 0 Å². The zero-order valence-corrected chi connectivity index (χ0v) is 18.4. The number of ketones is 1. The van der Waals surface area contributed by atoms with E-state index in [1.54, 1.807) is 74.5 Å². The number of nitrogens with one attached hydrogen (secondary N) is 2. The van der Waals surface area contributed by atoms with E-state index in [0.29, 0.717) is 0 Å². The van der Waals surface area contributed by atoms with Crippen molar-refractivity contribution in [2.45, 2.75) is 51.6 Å². The van der Waals surface area contributed by atoms with Gasteiger partial charge in [0.05, 0.1) is 6.04 Å². The van der Waals surface area contributed by atoms with Crippen LogP contribution in [0.5, 0.6) is 0 Å². The molecule has 0 aliphatic rings. The maximum absolute atomic E-state index is 13.1. The Kier molecular flexibility index (Phi) is 9.44. The van der Waals surface area contributed by atoms with Gasteiger partial charge in [-0.05, 0) is 29.9 Å². The van der Waals surface area contributed by atoms with Crippen LogP contribution in [0, 0.1) is 5.92 Å². The summed E-state index contributed by atoms with van der Waals surface area (Å²) in [4.78, 5) is 36.9.